The molecule has 0 unspecified atom stereocenters. The van der Waals surface area contributed by atoms with Crippen molar-refractivity contribution in [3.05, 3.63) is 81.9 Å². The van der Waals surface area contributed by atoms with E-state index in [1.165, 1.54) is 22.9 Å². The zero-order valence-electron chi connectivity index (χ0n) is 15.3. The van der Waals surface area contributed by atoms with E-state index in [2.05, 4.69) is 43.0 Å². The summed E-state index contributed by atoms with van der Waals surface area (Å²) < 4.78 is 0.616. The molecule has 0 aromatic heterocycles. The molecule has 2 heterocycles. The van der Waals surface area contributed by atoms with Crippen LogP contribution in [0.3, 0.4) is 0 Å². The molecule has 2 aromatic carbocycles. The van der Waals surface area contributed by atoms with Crippen LogP contribution in [-0.4, -0.2) is 21.7 Å². The van der Waals surface area contributed by atoms with E-state index in [0.717, 1.165) is 23.5 Å². The predicted octanol–water partition coefficient (Wildman–Crippen LogP) is 5.12. The number of aryl methyl sites for hydroxylation is 1. The smallest absolute Gasteiger partial charge is 0.268 e. The highest BCUT2D eigenvalue weighted by atomic mass is 32.2. The van der Waals surface area contributed by atoms with Crippen LogP contribution in [0.25, 0.3) is 6.08 Å². The van der Waals surface area contributed by atoms with E-state index in [4.69, 9.17) is 12.2 Å². The van der Waals surface area contributed by atoms with Gasteiger partial charge in [0.1, 0.15) is 9.23 Å². The third kappa shape index (κ3) is 3.33. The summed E-state index contributed by atoms with van der Waals surface area (Å²) in [5.41, 5.74) is 5.55. The number of allylic oxidation sites excluding steroid dienone is 1. The third-order valence-electron chi connectivity index (χ3n) is 4.77. The molecular formula is C22H20N2OS2. The molecule has 0 N–H and O–H groups in total. The summed E-state index contributed by atoms with van der Waals surface area (Å²) >= 11 is 6.92. The van der Waals surface area contributed by atoms with Crippen molar-refractivity contribution < 1.29 is 4.79 Å². The average molecular weight is 393 g/mol. The van der Waals surface area contributed by atoms with Crippen LogP contribution in [-0.2, 0) is 11.3 Å². The zero-order chi connectivity index (χ0) is 19.0. The molecule has 0 radical (unpaired) electrons. The minimum Gasteiger partial charge on any atom is -0.340 e. The normalized spacial score (nSPS) is 19.0. The second kappa shape index (κ2) is 7.33. The molecule has 27 heavy (non-hydrogen) atoms. The number of thioether (sulfide) groups is 1. The number of hydrogen-bond acceptors (Lipinski definition) is 4. The van der Waals surface area contributed by atoms with Gasteiger partial charge < -0.3 is 4.90 Å². The minimum atomic E-state index is -0.0116. The van der Waals surface area contributed by atoms with E-state index in [-0.39, 0.29) is 5.91 Å². The van der Waals surface area contributed by atoms with Gasteiger partial charge in [-0.1, -0.05) is 72.0 Å². The Balaban J connectivity index is 1.70. The fourth-order valence-corrected chi connectivity index (χ4v) is 4.75. The summed E-state index contributed by atoms with van der Waals surface area (Å²) in [4.78, 5) is 17.8. The molecule has 1 saturated heterocycles. The highest BCUT2D eigenvalue weighted by molar-refractivity contribution is 8.26. The topological polar surface area (TPSA) is 23.6 Å². The summed E-state index contributed by atoms with van der Waals surface area (Å²) in [7, 11) is 0. The quantitative estimate of drug-likeness (QED) is 0.534. The van der Waals surface area contributed by atoms with Gasteiger partial charge in [0, 0.05) is 12.2 Å². The molecule has 5 heteroatoms. The van der Waals surface area contributed by atoms with Crippen molar-refractivity contribution in [1.82, 2.24) is 4.90 Å². The summed E-state index contributed by atoms with van der Waals surface area (Å²) in [5, 5.41) is 0. The Morgan fingerprint density at radius 3 is 2.56 bits per heavy atom. The number of amides is 1. The van der Waals surface area contributed by atoms with Crippen molar-refractivity contribution in [1.29, 1.82) is 0 Å². The summed E-state index contributed by atoms with van der Waals surface area (Å²) in [5.74, 6) is -0.0116. The summed E-state index contributed by atoms with van der Waals surface area (Å²) in [6.45, 7) is 5.49. The maximum Gasteiger partial charge on any atom is 0.268 e. The predicted molar refractivity (Wildman–Crippen MR) is 117 cm³/mol. The number of carbonyl (C=O) groups is 1. The lowest BCUT2D eigenvalue weighted by Gasteiger charge is -2.30. The van der Waals surface area contributed by atoms with E-state index in [1.54, 1.807) is 4.90 Å². The van der Waals surface area contributed by atoms with Gasteiger partial charge in [-0.2, -0.15) is 0 Å². The van der Waals surface area contributed by atoms with Crippen LogP contribution in [0, 0.1) is 6.92 Å². The monoisotopic (exact) mass is 392 g/mol. The van der Waals surface area contributed by atoms with Crippen LogP contribution in [0.4, 0.5) is 5.69 Å². The first-order valence-electron chi connectivity index (χ1n) is 8.96. The van der Waals surface area contributed by atoms with Crippen molar-refractivity contribution in [2.24, 2.45) is 0 Å². The number of hydrogen-bond donors (Lipinski definition) is 0. The van der Waals surface area contributed by atoms with Gasteiger partial charge in [0.15, 0.2) is 0 Å². The largest absolute Gasteiger partial charge is 0.340 e. The highest BCUT2D eigenvalue weighted by Crippen LogP contribution is 2.40. The first-order chi connectivity index (χ1) is 13.1. The average Bonchev–Trinajstić information content (AvgIpc) is 2.95. The Kier molecular flexibility index (Phi) is 4.89. The van der Waals surface area contributed by atoms with Gasteiger partial charge in [0.05, 0.1) is 12.2 Å². The maximum absolute atomic E-state index is 13.1. The Morgan fingerprint density at radius 2 is 1.81 bits per heavy atom. The first-order valence-corrected chi connectivity index (χ1v) is 10.2. The summed E-state index contributed by atoms with van der Waals surface area (Å²) in [6.07, 6.45) is 4.13. The van der Waals surface area contributed by atoms with Gasteiger partial charge in [-0.3, -0.25) is 9.69 Å². The lowest BCUT2D eigenvalue weighted by Crippen LogP contribution is -2.30. The van der Waals surface area contributed by atoms with Crippen LogP contribution < -0.4 is 4.90 Å². The van der Waals surface area contributed by atoms with Crippen LogP contribution in [0.15, 0.2) is 65.2 Å². The number of anilines is 1. The molecule has 0 saturated carbocycles. The van der Waals surface area contributed by atoms with E-state index >= 15 is 0 Å². The van der Waals surface area contributed by atoms with Gasteiger partial charge in [0.2, 0.25) is 0 Å². The number of likely N-dealkylation sites (N-methyl/N-ethyl adjacent to an activating group) is 1. The van der Waals surface area contributed by atoms with Crippen LogP contribution in [0.2, 0.25) is 0 Å². The van der Waals surface area contributed by atoms with Crippen LogP contribution >= 0.6 is 24.0 Å². The van der Waals surface area contributed by atoms with Gasteiger partial charge in [-0.15, -0.1) is 0 Å². The van der Waals surface area contributed by atoms with E-state index in [9.17, 15) is 4.79 Å². The standard InChI is InChI=1S/C22H20N2OS2/c1-3-23-18-11-9-15(2)13-17(18)10-12-19(23)20-21(25)24(22(26)27-20)14-16-7-5-4-6-8-16/h4-13H,3,14H2,1-2H3/b20-19-. The van der Waals surface area contributed by atoms with Crippen molar-refractivity contribution in [2.45, 2.75) is 20.4 Å². The van der Waals surface area contributed by atoms with Gasteiger partial charge >= 0.3 is 0 Å². The molecular weight excluding hydrogens is 372 g/mol. The number of nitrogens with zero attached hydrogens (tertiary/aromatic N) is 2. The number of fused-ring (bicyclic) bond motifs is 1. The molecule has 1 amide bonds. The first kappa shape index (κ1) is 18.0. The van der Waals surface area contributed by atoms with Gasteiger partial charge in [-0.25, -0.2) is 0 Å². The molecule has 2 aliphatic heterocycles. The van der Waals surface area contributed by atoms with Gasteiger partial charge in [0.25, 0.3) is 5.91 Å². The number of rotatable bonds is 3. The number of carbonyl (C=O) groups excluding carboxylic acids is 1. The van der Waals surface area contributed by atoms with E-state index < -0.39 is 0 Å². The van der Waals surface area contributed by atoms with Crippen molar-refractivity contribution >= 4 is 46.0 Å². The van der Waals surface area contributed by atoms with Crippen molar-refractivity contribution in [2.75, 3.05) is 11.4 Å². The van der Waals surface area contributed by atoms with Gasteiger partial charge in [-0.05, 0) is 43.2 Å². The lowest BCUT2D eigenvalue weighted by atomic mass is 10.0. The van der Waals surface area contributed by atoms with Crippen molar-refractivity contribution in [3.8, 4) is 0 Å². The molecule has 1 fully saturated rings. The molecule has 2 aliphatic rings. The SMILES string of the molecule is CCN1/C(=C2\SC(=S)N(Cc3ccccc3)C2=O)C=Cc2cc(C)ccc21. The van der Waals surface area contributed by atoms with Crippen LogP contribution in [0.5, 0.6) is 0 Å². The van der Waals surface area contributed by atoms with Crippen molar-refractivity contribution in [3.63, 3.8) is 0 Å². The maximum atomic E-state index is 13.1. The second-order valence-electron chi connectivity index (χ2n) is 6.60. The fourth-order valence-electron chi connectivity index (χ4n) is 3.44. The van der Waals surface area contributed by atoms with E-state index in [0.29, 0.717) is 15.8 Å². The van der Waals surface area contributed by atoms with E-state index in [1.807, 2.05) is 36.4 Å². The molecule has 136 valence electrons. The fraction of sp³-hybridized carbons (Fsp3) is 0.182. The molecule has 0 bridgehead atoms. The van der Waals surface area contributed by atoms with Crippen LogP contribution in [0.1, 0.15) is 23.6 Å². The zero-order valence-corrected chi connectivity index (χ0v) is 16.9. The Bertz CT molecular complexity index is 979. The molecule has 3 nitrogen and oxygen atoms in total. The number of thiocarbonyl (C=S) groups is 1. The Hall–Kier alpha value is -2.37. The minimum absolute atomic E-state index is 0.0116. The molecule has 0 spiro atoms. The molecule has 0 atom stereocenters. The lowest BCUT2D eigenvalue weighted by molar-refractivity contribution is -0.122. The Morgan fingerprint density at radius 1 is 1.04 bits per heavy atom. The highest BCUT2D eigenvalue weighted by Gasteiger charge is 2.36. The Labute approximate surface area is 169 Å². The third-order valence-corrected chi connectivity index (χ3v) is 6.22. The molecule has 4 rings (SSSR count). The second-order valence-corrected chi connectivity index (χ2v) is 8.24. The molecule has 2 aromatic rings. The number of benzene rings is 2. The summed E-state index contributed by atoms with van der Waals surface area (Å²) in [6, 6.07) is 16.4. The molecule has 0 aliphatic carbocycles.